The molecule has 0 spiro atoms. The third-order valence-corrected chi connectivity index (χ3v) is 2.17. The lowest BCUT2D eigenvalue weighted by Gasteiger charge is -2.04. The van der Waals surface area contributed by atoms with Gasteiger partial charge in [0.15, 0.2) is 0 Å². The van der Waals surface area contributed by atoms with Crippen molar-refractivity contribution in [1.82, 2.24) is 15.3 Å². The zero-order valence-corrected chi connectivity index (χ0v) is 8.79. The van der Waals surface area contributed by atoms with E-state index in [0.717, 1.165) is 12.8 Å². The molecule has 0 unspecified atom stereocenters. The van der Waals surface area contributed by atoms with Crippen LogP contribution >= 0.6 is 11.6 Å². The Kier molecular flexibility index (Phi) is 3.01. The van der Waals surface area contributed by atoms with Gasteiger partial charge in [-0.05, 0) is 12.8 Å². The third-order valence-electron chi connectivity index (χ3n) is 1.97. The molecule has 1 saturated carbocycles. The van der Waals surface area contributed by atoms with Crippen LogP contribution in [0.4, 0.5) is 5.95 Å². The molecule has 0 bridgehead atoms. The molecule has 1 aliphatic rings. The van der Waals surface area contributed by atoms with Crippen LogP contribution < -0.4 is 10.6 Å². The molecule has 5 nitrogen and oxygen atoms in total. The predicted octanol–water partition coefficient (Wildman–Crippen LogP) is 0.820. The number of rotatable bonds is 4. The summed E-state index contributed by atoms with van der Waals surface area (Å²) in [6.45, 7) is 0.193. The van der Waals surface area contributed by atoms with Crippen molar-refractivity contribution in [3.63, 3.8) is 0 Å². The maximum atomic E-state index is 11.3. The second-order valence-corrected chi connectivity index (χ2v) is 3.86. The second-order valence-electron chi connectivity index (χ2n) is 3.42. The van der Waals surface area contributed by atoms with Crippen molar-refractivity contribution >= 4 is 23.5 Å². The summed E-state index contributed by atoms with van der Waals surface area (Å²) in [6.07, 6.45) is 5.14. The lowest BCUT2D eigenvalue weighted by atomic mass is 10.5. The van der Waals surface area contributed by atoms with Crippen LogP contribution in [0.3, 0.4) is 0 Å². The highest BCUT2D eigenvalue weighted by Gasteiger charge is 2.22. The second kappa shape index (κ2) is 4.44. The number of carbonyl (C=O) groups excluding carboxylic acids is 1. The molecule has 0 radical (unpaired) electrons. The summed E-state index contributed by atoms with van der Waals surface area (Å²) in [5.74, 6) is 0.376. The van der Waals surface area contributed by atoms with Crippen LogP contribution in [-0.2, 0) is 4.79 Å². The molecule has 15 heavy (non-hydrogen) atoms. The predicted molar refractivity (Wildman–Crippen MR) is 56.7 cm³/mol. The fraction of sp³-hybridized carbons (Fsp3) is 0.444. The molecule has 1 aliphatic carbocycles. The van der Waals surface area contributed by atoms with Crippen LogP contribution in [-0.4, -0.2) is 28.5 Å². The molecule has 0 atom stereocenters. The van der Waals surface area contributed by atoms with Crippen molar-refractivity contribution in [3.05, 3.63) is 17.4 Å². The van der Waals surface area contributed by atoms with Crippen LogP contribution in [0, 0.1) is 0 Å². The van der Waals surface area contributed by atoms with Gasteiger partial charge in [-0.1, -0.05) is 11.6 Å². The fourth-order valence-electron chi connectivity index (χ4n) is 1.07. The molecule has 0 aliphatic heterocycles. The summed E-state index contributed by atoms with van der Waals surface area (Å²) in [7, 11) is 0. The molecule has 2 rings (SSSR count). The van der Waals surface area contributed by atoms with E-state index in [9.17, 15) is 4.79 Å². The Labute approximate surface area is 92.3 Å². The van der Waals surface area contributed by atoms with Crippen LogP contribution in [0.25, 0.3) is 0 Å². The Balaban J connectivity index is 1.76. The largest absolute Gasteiger partial charge is 0.352 e. The van der Waals surface area contributed by atoms with Gasteiger partial charge >= 0.3 is 0 Å². The van der Waals surface area contributed by atoms with Gasteiger partial charge in [0, 0.05) is 6.04 Å². The number of amides is 1. The first-order valence-corrected chi connectivity index (χ1v) is 5.12. The number of nitrogens with zero attached hydrogens (tertiary/aromatic N) is 2. The van der Waals surface area contributed by atoms with E-state index < -0.39 is 0 Å². The average Bonchev–Trinajstić information content (AvgIpc) is 3.01. The van der Waals surface area contributed by atoms with Gasteiger partial charge in [0.1, 0.15) is 0 Å². The minimum atomic E-state index is -0.0314. The summed E-state index contributed by atoms with van der Waals surface area (Å²) in [5, 5.41) is 6.14. The van der Waals surface area contributed by atoms with E-state index in [0.29, 0.717) is 17.0 Å². The van der Waals surface area contributed by atoms with E-state index in [1.807, 2.05) is 0 Å². The summed E-state index contributed by atoms with van der Waals surface area (Å²) in [6, 6.07) is 0.380. The summed E-state index contributed by atoms with van der Waals surface area (Å²) >= 11 is 5.62. The van der Waals surface area contributed by atoms with Crippen molar-refractivity contribution in [3.8, 4) is 0 Å². The van der Waals surface area contributed by atoms with Gasteiger partial charge in [-0.25, -0.2) is 9.97 Å². The van der Waals surface area contributed by atoms with Gasteiger partial charge in [0.25, 0.3) is 0 Å². The van der Waals surface area contributed by atoms with Gasteiger partial charge < -0.3 is 10.6 Å². The third kappa shape index (κ3) is 3.36. The number of nitrogens with one attached hydrogen (secondary N) is 2. The topological polar surface area (TPSA) is 66.9 Å². The van der Waals surface area contributed by atoms with Gasteiger partial charge in [-0.2, -0.15) is 0 Å². The molecule has 1 amide bonds. The van der Waals surface area contributed by atoms with E-state index >= 15 is 0 Å². The van der Waals surface area contributed by atoms with Gasteiger partial charge in [0.2, 0.25) is 11.9 Å². The number of anilines is 1. The number of hydrogen-bond donors (Lipinski definition) is 2. The Morgan fingerprint density at radius 2 is 2.13 bits per heavy atom. The molecule has 80 valence electrons. The van der Waals surface area contributed by atoms with Gasteiger partial charge in [0.05, 0.1) is 24.0 Å². The van der Waals surface area contributed by atoms with Crippen LogP contribution in [0.15, 0.2) is 12.4 Å². The maximum absolute atomic E-state index is 11.3. The highest BCUT2D eigenvalue weighted by atomic mass is 35.5. The van der Waals surface area contributed by atoms with Gasteiger partial charge in [-0.3, -0.25) is 4.79 Å². The zero-order valence-electron chi connectivity index (χ0n) is 8.03. The molecule has 1 fully saturated rings. The fourth-order valence-corrected chi connectivity index (χ4v) is 1.17. The summed E-state index contributed by atoms with van der Waals surface area (Å²) < 4.78 is 0. The molecular weight excluding hydrogens is 216 g/mol. The molecular formula is C9H11ClN4O. The highest BCUT2D eigenvalue weighted by molar-refractivity contribution is 6.30. The Hall–Kier alpha value is -1.36. The maximum Gasteiger partial charge on any atom is 0.239 e. The molecule has 2 N–H and O–H groups in total. The molecule has 1 aromatic rings. The van der Waals surface area contributed by atoms with Crippen molar-refractivity contribution in [1.29, 1.82) is 0 Å². The molecule has 0 aromatic carbocycles. The number of hydrogen-bond acceptors (Lipinski definition) is 4. The average molecular weight is 227 g/mol. The first kappa shape index (κ1) is 10.2. The van der Waals surface area contributed by atoms with E-state index in [4.69, 9.17) is 11.6 Å². The Morgan fingerprint density at radius 3 is 2.73 bits per heavy atom. The molecule has 0 saturated heterocycles. The monoisotopic (exact) mass is 226 g/mol. The quantitative estimate of drug-likeness (QED) is 0.798. The highest BCUT2D eigenvalue weighted by Crippen LogP contribution is 2.18. The van der Waals surface area contributed by atoms with E-state index in [-0.39, 0.29) is 12.5 Å². The van der Waals surface area contributed by atoms with Crippen LogP contribution in [0.1, 0.15) is 12.8 Å². The minimum Gasteiger partial charge on any atom is -0.352 e. The van der Waals surface area contributed by atoms with E-state index in [1.165, 1.54) is 12.4 Å². The first-order valence-electron chi connectivity index (χ1n) is 4.75. The van der Waals surface area contributed by atoms with Crippen molar-refractivity contribution < 1.29 is 4.79 Å². The van der Waals surface area contributed by atoms with Gasteiger partial charge in [-0.15, -0.1) is 0 Å². The van der Waals surface area contributed by atoms with Crippen LogP contribution in [0.5, 0.6) is 0 Å². The number of carbonyl (C=O) groups is 1. The lowest BCUT2D eigenvalue weighted by Crippen LogP contribution is -2.31. The Morgan fingerprint density at radius 1 is 1.47 bits per heavy atom. The molecule has 1 heterocycles. The lowest BCUT2D eigenvalue weighted by molar-refractivity contribution is -0.119. The van der Waals surface area contributed by atoms with Crippen molar-refractivity contribution in [2.45, 2.75) is 18.9 Å². The van der Waals surface area contributed by atoms with Crippen LogP contribution in [0.2, 0.25) is 5.02 Å². The smallest absolute Gasteiger partial charge is 0.239 e. The minimum absolute atomic E-state index is 0.0314. The SMILES string of the molecule is O=C(CNc1ncc(Cl)cn1)NC1CC1. The van der Waals surface area contributed by atoms with Crippen molar-refractivity contribution in [2.24, 2.45) is 0 Å². The molecule has 6 heteroatoms. The number of aromatic nitrogens is 2. The summed E-state index contributed by atoms with van der Waals surface area (Å²) in [5.41, 5.74) is 0. The zero-order chi connectivity index (χ0) is 10.7. The Bertz CT molecular complexity index is 350. The standard InChI is InChI=1S/C9H11ClN4O/c10-6-3-11-9(12-4-6)13-5-8(15)14-7-1-2-7/h3-4,7H,1-2,5H2,(H,14,15)(H,11,12,13). The van der Waals surface area contributed by atoms with E-state index in [1.54, 1.807) is 0 Å². The van der Waals surface area contributed by atoms with Crippen molar-refractivity contribution in [2.75, 3.05) is 11.9 Å². The normalized spacial score (nSPS) is 14.7. The van der Waals surface area contributed by atoms with E-state index in [2.05, 4.69) is 20.6 Å². The molecule has 1 aromatic heterocycles. The number of halogens is 1. The summed E-state index contributed by atoms with van der Waals surface area (Å²) in [4.78, 5) is 19.1. The first-order chi connectivity index (χ1) is 7.24.